The molecule has 2 aromatic heterocycles. The van der Waals surface area contributed by atoms with Gasteiger partial charge in [-0.25, -0.2) is 4.98 Å². The Morgan fingerprint density at radius 3 is 2.96 bits per heavy atom. The summed E-state index contributed by atoms with van der Waals surface area (Å²) in [5.41, 5.74) is 3.21. The van der Waals surface area contributed by atoms with Crippen LogP contribution in [0, 0.1) is 13.8 Å². The molecule has 0 saturated carbocycles. The van der Waals surface area contributed by atoms with Crippen LogP contribution in [0.1, 0.15) is 41.5 Å². The van der Waals surface area contributed by atoms with Crippen molar-refractivity contribution in [3.8, 4) is 5.75 Å². The van der Waals surface area contributed by atoms with Crippen molar-refractivity contribution in [3.05, 3.63) is 34.7 Å². The lowest BCUT2D eigenvalue weighted by molar-refractivity contribution is -0.0375. The van der Waals surface area contributed by atoms with Gasteiger partial charge in [-0.1, -0.05) is 6.92 Å². The maximum Gasteiger partial charge on any atom is 0.180 e. The molecule has 1 atom stereocenters. The van der Waals surface area contributed by atoms with E-state index in [-0.39, 0.29) is 6.10 Å². The molecule has 2 aromatic rings. The Labute approximate surface area is 142 Å². The van der Waals surface area contributed by atoms with Crippen LogP contribution in [0.3, 0.4) is 0 Å². The topological polar surface area (TPSA) is 76.2 Å². The van der Waals surface area contributed by atoms with E-state index in [1.165, 1.54) is 0 Å². The van der Waals surface area contributed by atoms with Gasteiger partial charge in [-0.05, 0) is 13.8 Å². The maximum absolute atomic E-state index is 5.85. The van der Waals surface area contributed by atoms with Gasteiger partial charge in [0, 0.05) is 43.4 Å². The lowest BCUT2D eigenvalue weighted by Gasteiger charge is -2.31. The molecule has 0 amide bonds. The summed E-state index contributed by atoms with van der Waals surface area (Å²) in [5, 5.41) is 7.24. The van der Waals surface area contributed by atoms with Gasteiger partial charge in [-0.3, -0.25) is 15.0 Å². The Hall–Kier alpha value is -1.99. The van der Waals surface area contributed by atoms with Crippen LogP contribution in [-0.2, 0) is 17.7 Å². The molecule has 3 heterocycles. The number of ether oxygens (including phenoxy) is 2. The highest BCUT2D eigenvalue weighted by Crippen LogP contribution is 2.26. The number of nitrogens with one attached hydrogen (secondary N) is 1. The third-order valence-corrected chi connectivity index (χ3v) is 4.45. The average Bonchev–Trinajstić information content (AvgIpc) is 3.07. The monoisotopic (exact) mass is 331 g/mol. The molecule has 3 rings (SSSR count). The first-order chi connectivity index (χ1) is 11.6. The predicted octanol–water partition coefficient (Wildman–Crippen LogP) is 1.96. The van der Waals surface area contributed by atoms with Crippen molar-refractivity contribution in [1.29, 1.82) is 0 Å². The maximum atomic E-state index is 5.85. The summed E-state index contributed by atoms with van der Waals surface area (Å²) in [7, 11) is 1.71. The third-order valence-electron chi connectivity index (χ3n) is 4.45. The molecule has 0 bridgehead atoms. The minimum absolute atomic E-state index is 0.0945. The van der Waals surface area contributed by atoms with Gasteiger partial charge in [-0.15, -0.1) is 0 Å². The molecule has 1 aliphatic rings. The second-order valence-corrected chi connectivity index (χ2v) is 6.13. The molecule has 1 saturated heterocycles. The zero-order chi connectivity index (χ0) is 17.1. The number of rotatable bonds is 5. The van der Waals surface area contributed by atoms with E-state index in [1.807, 2.05) is 13.1 Å². The van der Waals surface area contributed by atoms with E-state index in [2.05, 4.69) is 38.9 Å². The first kappa shape index (κ1) is 16.9. The van der Waals surface area contributed by atoms with Crippen molar-refractivity contribution in [2.45, 2.75) is 39.8 Å². The van der Waals surface area contributed by atoms with Gasteiger partial charge in [-0.2, -0.15) is 5.10 Å². The van der Waals surface area contributed by atoms with Crippen LogP contribution in [0.2, 0.25) is 0 Å². The van der Waals surface area contributed by atoms with Crippen LogP contribution in [0.25, 0.3) is 0 Å². The van der Waals surface area contributed by atoms with E-state index in [4.69, 9.17) is 9.47 Å². The van der Waals surface area contributed by atoms with Gasteiger partial charge >= 0.3 is 0 Å². The minimum Gasteiger partial charge on any atom is -0.496 e. The highest BCUT2D eigenvalue weighted by atomic mass is 16.5. The summed E-state index contributed by atoms with van der Waals surface area (Å²) in [5.74, 6) is 2.56. The summed E-state index contributed by atoms with van der Waals surface area (Å²) >= 11 is 0. The first-order valence-corrected chi connectivity index (χ1v) is 8.36. The fraction of sp³-hybridized carbons (Fsp3) is 0.588. The van der Waals surface area contributed by atoms with Crippen molar-refractivity contribution in [2.24, 2.45) is 0 Å². The van der Waals surface area contributed by atoms with Crippen LogP contribution < -0.4 is 4.74 Å². The van der Waals surface area contributed by atoms with E-state index in [0.717, 1.165) is 60.3 Å². The standard InChI is InChI=1S/C17H25N5O2/c1-5-15-19-17(21-20-15)14-10-22(6-7-24-14)9-13-12(3)16(23-4)11(2)8-18-13/h8,14H,5-7,9-10H2,1-4H3,(H,19,20,21). The summed E-state index contributed by atoms with van der Waals surface area (Å²) in [4.78, 5) is 11.4. The zero-order valence-electron chi connectivity index (χ0n) is 14.8. The van der Waals surface area contributed by atoms with Crippen LogP contribution in [0.4, 0.5) is 0 Å². The largest absolute Gasteiger partial charge is 0.496 e. The van der Waals surface area contributed by atoms with Gasteiger partial charge in [0.25, 0.3) is 0 Å². The Kier molecular flexibility index (Phi) is 5.11. The van der Waals surface area contributed by atoms with E-state index < -0.39 is 0 Å². The number of hydrogen-bond donors (Lipinski definition) is 1. The Morgan fingerprint density at radius 1 is 1.42 bits per heavy atom. The average molecular weight is 331 g/mol. The van der Waals surface area contributed by atoms with Crippen LogP contribution in [-0.4, -0.2) is 51.9 Å². The van der Waals surface area contributed by atoms with Crippen LogP contribution in [0.5, 0.6) is 5.75 Å². The summed E-state index contributed by atoms with van der Waals surface area (Å²) < 4.78 is 11.4. The highest BCUT2D eigenvalue weighted by molar-refractivity contribution is 5.41. The second-order valence-electron chi connectivity index (χ2n) is 6.13. The number of pyridine rings is 1. The number of morpholine rings is 1. The van der Waals surface area contributed by atoms with Crippen molar-refractivity contribution < 1.29 is 9.47 Å². The third kappa shape index (κ3) is 3.42. The number of aromatic nitrogens is 4. The van der Waals surface area contributed by atoms with Crippen LogP contribution in [0.15, 0.2) is 6.20 Å². The van der Waals surface area contributed by atoms with E-state index in [1.54, 1.807) is 7.11 Å². The molecule has 130 valence electrons. The zero-order valence-corrected chi connectivity index (χ0v) is 14.8. The second kappa shape index (κ2) is 7.27. The molecular formula is C17H25N5O2. The Balaban J connectivity index is 1.72. The summed E-state index contributed by atoms with van der Waals surface area (Å²) in [6.07, 6.45) is 2.63. The Bertz CT molecular complexity index is 700. The number of nitrogens with zero attached hydrogens (tertiary/aromatic N) is 4. The SMILES string of the molecule is CCc1nc(C2CN(Cc3ncc(C)c(OC)c3C)CCO2)n[nH]1. The van der Waals surface area contributed by atoms with Crippen molar-refractivity contribution in [1.82, 2.24) is 25.1 Å². The fourth-order valence-electron chi connectivity index (χ4n) is 3.06. The highest BCUT2D eigenvalue weighted by Gasteiger charge is 2.26. The normalized spacial score (nSPS) is 18.8. The molecule has 1 fully saturated rings. The molecule has 0 radical (unpaired) electrons. The number of H-pyrrole nitrogens is 1. The molecule has 7 nitrogen and oxygen atoms in total. The molecule has 24 heavy (non-hydrogen) atoms. The quantitative estimate of drug-likeness (QED) is 0.902. The van der Waals surface area contributed by atoms with Crippen molar-refractivity contribution in [2.75, 3.05) is 26.8 Å². The molecule has 0 aromatic carbocycles. The van der Waals surface area contributed by atoms with E-state index in [9.17, 15) is 0 Å². The Morgan fingerprint density at radius 2 is 2.25 bits per heavy atom. The van der Waals surface area contributed by atoms with Gasteiger partial charge in [0.2, 0.25) is 0 Å². The van der Waals surface area contributed by atoms with E-state index in [0.29, 0.717) is 6.61 Å². The molecule has 1 aliphatic heterocycles. The van der Waals surface area contributed by atoms with Gasteiger partial charge in [0.05, 0.1) is 19.4 Å². The van der Waals surface area contributed by atoms with Crippen LogP contribution >= 0.6 is 0 Å². The molecule has 1 N–H and O–H groups in total. The molecule has 0 aliphatic carbocycles. The number of methoxy groups -OCH3 is 1. The lowest BCUT2D eigenvalue weighted by atomic mass is 10.1. The predicted molar refractivity (Wildman–Crippen MR) is 90.0 cm³/mol. The van der Waals surface area contributed by atoms with Gasteiger partial charge < -0.3 is 9.47 Å². The smallest absolute Gasteiger partial charge is 0.180 e. The number of aromatic amines is 1. The van der Waals surface area contributed by atoms with Crippen molar-refractivity contribution in [3.63, 3.8) is 0 Å². The van der Waals surface area contributed by atoms with Gasteiger partial charge in [0.15, 0.2) is 5.82 Å². The van der Waals surface area contributed by atoms with Crippen molar-refractivity contribution >= 4 is 0 Å². The molecular weight excluding hydrogens is 306 g/mol. The minimum atomic E-state index is -0.0945. The number of hydrogen-bond acceptors (Lipinski definition) is 6. The summed E-state index contributed by atoms with van der Waals surface area (Å²) in [6, 6.07) is 0. The molecule has 0 spiro atoms. The number of aryl methyl sites for hydroxylation is 2. The van der Waals surface area contributed by atoms with Gasteiger partial charge in [0.1, 0.15) is 17.7 Å². The molecule has 7 heteroatoms. The first-order valence-electron chi connectivity index (χ1n) is 8.36. The fourth-order valence-corrected chi connectivity index (χ4v) is 3.06. The lowest BCUT2D eigenvalue weighted by Crippen LogP contribution is -2.38. The van der Waals surface area contributed by atoms with E-state index >= 15 is 0 Å². The summed E-state index contributed by atoms with van der Waals surface area (Å²) in [6.45, 7) is 9.21. The molecule has 1 unspecified atom stereocenters.